The van der Waals surface area contributed by atoms with Crippen molar-refractivity contribution >= 4 is 17.9 Å². The second kappa shape index (κ2) is 5.16. The van der Waals surface area contributed by atoms with Crippen molar-refractivity contribution in [1.82, 2.24) is 5.32 Å². The molecule has 20 heavy (non-hydrogen) atoms. The molecule has 0 spiro atoms. The van der Waals surface area contributed by atoms with Crippen molar-refractivity contribution < 1.29 is 19.4 Å². The second-order valence-electron chi connectivity index (χ2n) is 7.39. The molecule has 0 saturated heterocycles. The van der Waals surface area contributed by atoms with Gasteiger partial charge in [0, 0.05) is 5.54 Å². The molecule has 4 bridgehead atoms. The summed E-state index contributed by atoms with van der Waals surface area (Å²) in [6.07, 6.45) is 7.45. The molecule has 4 rings (SSSR count). The molecular formula is C14H23NO4S. The lowest BCUT2D eigenvalue weighted by atomic mass is 9.53. The van der Waals surface area contributed by atoms with Gasteiger partial charge >= 0.3 is 0 Å². The van der Waals surface area contributed by atoms with Crippen molar-refractivity contribution in [3.8, 4) is 0 Å². The second-order valence-corrected chi connectivity index (χ2v) is 8.71. The average Bonchev–Trinajstić information content (AvgIpc) is 2.34. The fraction of sp³-hybridized carbons (Fsp3) is 0.929. The van der Waals surface area contributed by atoms with Crippen LogP contribution in [0.25, 0.3) is 0 Å². The van der Waals surface area contributed by atoms with Gasteiger partial charge in [-0.05, 0) is 70.1 Å². The SMILES string of the molecule is CC(C)(SOOO)C(=O)NC12CC3CC(CC(C3)C1)C2. The third-order valence-electron chi connectivity index (χ3n) is 5.24. The van der Waals surface area contributed by atoms with E-state index in [1.54, 1.807) is 13.8 Å². The molecule has 4 saturated carbocycles. The predicted molar refractivity (Wildman–Crippen MR) is 75.5 cm³/mol. The van der Waals surface area contributed by atoms with Gasteiger partial charge in [0.2, 0.25) is 5.91 Å². The molecule has 1 amide bonds. The number of rotatable bonds is 5. The van der Waals surface area contributed by atoms with E-state index in [1.807, 2.05) is 0 Å². The summed E-state index contributed by atoms with van der Waals surface area (Å²) in [5.41, 5.74) is 0.00371. The standard InChI is InChI=1S/C14H23NO4S/c1-13(2,20-19-18-17)12(16)15-14-6-9-3-10(7-14)5-11(4-9)8-14/h9-11,17H,3-8H2,1-2H3,(H,15,16). The zero-order valence-corrected chi connectivity index (χ0v) is 12.9. The van der Waals surface area contributed by atoms with Crippen LogP contribution in [0.5, 0.6) is 0 Å². The Morgan fingerprint density at radius 2 is 1.70 bits per heavy atom. The molecule has 4 aliphatic rings. The van der Waals surface area contributed by atoms with Gasteiger partial charge in [-0.2, -0.15) is 0 Å². The predicted octanol–water partition coefficient (Wildman–Crippen LogP) is 2.92. The summed E-state index contributed by atoms with van der Waals surface area (Å²) in [5.74, 6) is 2.36. The summed E-state index contributed by atoms with van der Waals surface area (Å²) in [6, 6.07) is 0. The van der Waals surface area contributed by atoms with E-state index < -0.39 is 4.75 Å². The summed E-state index contributed by atoms with van der Waals surface area (Å²) in [4.78, 5) is 12.5. The topological polar surface area (TPSA) is 67.8 Å². The van der Waals surface area contributed by atoms with E-state index >= 15 is 0 Å². The van der Waals surface area contributed by atoms with Crippen LogP contribution >= 0.6 is 12.0 Å². The molecule has 0 aromatic carbocycles. The van der Waals surface area contributed by atoms with E-state index in [-0.39, 0.29) is 11.4 Å². The van der Waals surface area contributed by atoms with E-state index in [2.05, 4.69) is 14.7 Å². The van der Waals surface area contributed by atoms with Gasteiger partial charge in [-0.1, -0.05) is 5.04 Å². The minimum absolute atomic E-state index is 0.00371. The first kappa shape index (κ1) is 14.6. The van der Waals surface area contributed by atoms with Gasteiger partial charge < -0.3 is 5.32 Å². The number of nitrogens with one attached hydrogen (secondary N) is 1. The van der Waals surface area contributed by atoms with Crippen LogP contribution in [0.15, 0.2) is 0 Å². The molecule has 0 aliphatic heterocycles. The molecule has 0 radical (unpaired) electrons. The fourth-order valence-electron chi connectivity index (χ4n) is 4.79. The number of hydrogen-bond acceptors (Lipinski definition) is 5. The van der Waals surface area contributed by atoms with Gasteiger partial charge in [-0.25, -0.2) is 5.26 Å². The summed E-state index contributed by atoms with van der Waals surface area (Å²) in [6.45, 7) is 3.54. The highest BCUT2D eigenvalue weighted by Crippen LogP contribution is 2.55. The number of carbonyl (C=O) groups is 1. The highest BCUT2D eigenvalue weighted by molar-refractivity contribution is 7.96. The molecule has 0 atom stereocenters. The van der Waals surface area contributed by atoms with Gasteiger partial charge in [-0.15, -0.1) is 4.33 Å². The molecule has 2 N–H and O–H groups in total. The van der Waals surface area contributed by atoms with Crippen molar-refractivity contribution in [3.05, 3.63) is 0 Å². The van der Waals surface area contributed by atoms with Crippen LogP contribution in [-0.2, 0) is 14.2 Å². The molecule has 6 heteroatoms. The van der Waals surface area contributed by atoms with Gasteiger partial charge in [0.15, 0.2) is 0 Å². The summed E-state index contributed by atoms with van der Waals surface area (Å²) in [5, 5.41) is 15.1. The largest absolute Gasteiger partial charge is 0.349 e. The summed E-state index contributed by atoms with van der Waals surface area (Å²) >= 11 is 0.831. The van der Waals surface area contributed by atoms with Gasteiger partial charge in [0.25, 0.3) is 0 Å². The minimum atomic E-state index is -0.786. The lowest BCUT2D eigenvalue weighted by molar-refractivity contribution is -0.432. The highest BCUT2D eigenvalue weighted by atomic mass is 32.2. The van der Waals surface area contributed by atoms with Gasteiger partial charge in [0.05, 0.1) is 12.0 Å². The van der Waals surface area contributed by atoms with E-state index in [4.69, 9.17) is 5.26 Å². The first-order chi connectivity index (χ1) is 9.42. The third-order valence-corrected chi connectivity index (χ3v) is 5.97. The lowest BCUT2D eigenvalue weighted by Gasteiger charge is -2.57. The molecule has 5 nitrogen and oxygen atoms in total. The molecule has 4 fully saturated rings. The Bertz CT molecular complexity index is 363. The number of hydrogen-bond donors (Lipinski definition) is 2. The Balaban J connectivity index is 1.66. The minimum Gasteiger partial charge on any atom is -0.349 e. The van der Waals surface area contributed by atoms with Crippen molar-refractivity contribution in [2.45, 2.75) is 62.7 Å². The van der Waals surface area contributed by atoms with Crippen LogP contribution in [0.3, 0.4) is 0 Å². The van der Waals surface area contributed by atoms with E-state index in [0.29, 0.717) is 0 Å². The molecule has 0 aromatic heterocycles. The molecule has 4 aliphatic carbocycles. The first-order valence-corrected chi connectivity index (χ1v) is 8.15. The van der Waals surface area contributed by atoms with E-state index in [1.165, 1.54) is 19.3 Å². The molecule has 0 aromatic rings. The smallest absolute Gasteiger partial charge is 0.238 e. The van der Waals surface area contributed by atoms with E-state index in [9.17, 15) is 4.79 Å². The average molecular weight is 301 g/mol. The number of amides is 1. The monoisotopic (exact) mass is 301 g/mol. The molecule has 114 valence electrons. The Morgan fingerprint density at radius 3 is 2.15 bits per heavy atom. The summed E-state index contributed by atoms with van der Waals surface area (Å²) < 4.78 is 3.67. The van der Waals surface area contributed by atoms with Crippen molar-refractivity contribution in [2.24, 2.45) is 17.8 Å². The highest BCUT2D eigenvalue weighted by Gasteiger charge is 2.52. The van der Waals surface area contributed by atoms with Gasteiger partial charge in [-0.3, -0.25) is 4.79 Å². The normalized spacial score (nSPS) is 39.0. The third kappa shape index (κ3) is 2.71. The van der Waals surface area contributed by atoms with Crippen LogP contribution in [0.1, 0.15) is 52.4 Å². The molecular weight excluding hydrogens is 278 g/mol. The van der Waals surface area contributed by atoms with Crippen LogP contribution in [0.2, 0.25) is 0 Å². The zero-order valence-electron chi connectivity index (χ0n) is 12.1. The Morgan fingerprint density at radius 1 is 1.20 bits per heavy atom. The van der Waals surface area contributed by atoms with Crippen LogP contribution < -0.4 is 5.32 Å². The van der Waals surface area contributed by atoms with Gasteiger partial charge in [0.1, 0.15) is 4.75 Å². The number of carbonyl (C=O) groups excluding carboxylic acids is 1. The van der Waals surface area contributed by atoms with Crippen LogP contribution in [-0.4, -0.2) is 21.5 Å². The Hall–Kier alpha value is -0.300. The lowest BCUT2D eigenvalue weighted by Crippen LogP contribution is -2.62. The Labute approximate surface area is 123 Å². The maximum absolute atomic E-state index is 12.5. The molecule has 0 heterocycles. The quantitative estimate of drug-likeness (QED) is 0.464. The van der Waals surface area contributed by atoms with Crippen molar-refractivity contribution in [3.63, 3.8) is 0 Å². The maximum Gasteiger partial charge on any atom is 0.238 e. The van der Waals surface area contributed by atoms with Crippen LogP contribution in [0, 0.1) is 17.8 Å². The van der Waals surface area contributed by atoms with Crippen molar-refractivity contribution in [2.75, 3.05) is 0 Å². The Kier molecular flexibility index (Phi) is 3.77. The first-order valence-electron chi connectivity index (χ1n) is 7.41. The van der Waals surface area contributed by atoms with Crippen molar-refractivity contribution in [1.29, 1.82) is 0 Å². The fourth-order valence-corrected chi connectivity index (χ4v) is 5.12. The molecule has 0 unspecified atom stereocenters. The zero-order chi connectivity index (χ0) is 14.4. The maximum atomic E-state index is 12.5. The summed E-state index contributed by atoms with van der Waals surface area (Å²) in [7, 11) is 0. The van der Waals surface area contributed by atoms with Crippen LogP contribution in [0.4, 0.5) is 0 Å². The van der Waals surface area contributed by atoms with E-state index in [0.717, 1.165) is 49.1 Å².